The molecule has 0 saturated carbocycles. The molecule has 0 aromatic carbocycles. The van der Waals surface area contributed by atoms with Crippen LogP contribution >= 0.6 is 0 Å². The number of amides is 2. The Bertz CT molecular complexity index is 509. The standard InChI is InChI=1S/C15H25N5O/c1-11-12(2)16-10-17-14(11)20-8-6-13(7-9-20)19(5)15(21)18(3)4/h10,13H,6-9H2,1-5H3. The van der Waals surface area contributed by atoms with Gasteiger partial charge in [0.25, 0.3) is 0 Å². The molecule has 1 aliphatic rings. The van der Waals surface area contributed by atoms with Crippen LogP contribution in [0.15, 0.2) is 6.33 Å². The molecule has 1 saturated heterocycles. The number of carbonyl (C=O) groups excluding carboxylic acids is 1. The van der Waals surface area contributed by atoms with Gasteiger partial charge < -0.3 is 14.7 Å². The fourth-order valence-corrected chi connectivity index (χ4v) is 2.78. The molecule has 21 heavy (non-hydrogen) atoms. The number of hydrogen-bond donors (Lipinski definition) is 0. The molecule has 116 valence electrons. The molecule has 0 spiro atoms. The van der Waals surface area contributed by atoms with Crippen LogP contribution in [0.1, 0.15) is 24.1 Å². The molecule has 2 amide bonds. The van der Waals surface area contributed by atoms with E-state index in [2.05, 4.69) is 21.8 Å². The third-order valence-electron chi connectivity index (χ3n) is 4.31. The van der Waals surface area contributed by atoms with E-state index in [0.29, 0.717) is 6.04 Å². The zero-order valence-electron chi connectivity index (χ0n) is 13.6. The van der Waals surface area contributed by atoms with Crippen LogP contribution in [0.4, 0.5) is 10.6 Å². The minimum absolute atomic E-state index is 0.0718. The summed E-state index contributed by atoms with van der Waals surface area (Å²) >= 11 is 0. The Hall–Kier alpha value is -1.85. The summed E-state index contributed by atoms with van der Waals surface area (Å²) < 4.78 is 0. The number of aromatic nitrogens is 2. The van der Waals surface area contributed by atoms with Gasteiger partial charge in [-0.15, -0.1) is 0 Å². The van der Waals surface area contributed by atoms with Crippen LogP contribution in [0.5, 0.6) is 0 Å². The maximum atomic E-state index is 12.0. The summed E-state index contributed by atoms with van der Waals surface area (Å²) in [6, 6.07) is 0.377. The fraction of sp³-hybridized carbons (Fsp3) is 0.667. The third kappa shape index (κ3) is 3.25. The summed E-state index contributed by atoms with van der Waals surface area (Å²) in [5.41, 5.74) is 2.18. The number of hydrogen-bond acceptors (Lipinski definition) is 4. The molecule has 0 bridgehead atoms. The molecule has 6 heteroatoms. The molecule has 1 aromatic rings. The second kappa shape index (κ2) is 6.28. The number of urea groups is 1. The van der Waals surface area contributed by atoms with Crippen molar-refractivity contribution < 1.29 is 4.79 Å². The highest BCUT2D eigenvalue weighted by Crippen LogP contribution is 2.24. The van der Waals surface area contributed by atoms with Crippen LogP contribution in [0, 0.1) is 13.8 Å². The van der Waals surface area contributed by atoms with Gasteiger partial charge in [0.05, 0.1) is 0 Å². The lowest BCUT2D eigenvalue weighted by Crippen LogP contribution is -2.48. The van der Waals surface area contributed by atoms with Crippen molar-refractivity contribution >= 4 is 11.8 Å². The molecule has 0 aliphatic carbocycles. The molecule has 1 aliphatic heterocycles. The van der Waals surface area contributed by atoms with Gasteiger partial charge in [0, 0.05) is 51.5 Å². The zero-order chi connectivity index (χ0) is 15.6. The van der Waals surface area contributed by atoms with Gasteiger partial charge in [0.1, 0.15) is 12.1 Å². The van der Waals surface area contributed by atoms with E-state index in [1.807, 2.05) is 18.9 Å². The van der Waals surface area contributed by atoms with Crippen molar-refractivity contribution in [3.8, 4) is 0 Å². The third-order valence-corrected chi connectivity index (χ3v) is 4.31. The van der Waals surface area contributed by atoms with E-state index in [-0.39, 0.29) is 6.03 Å². The molecule has 0 unspecified atom stereocenters. The minimum atomic E-state index is 0.0718. The summed E-state index contributed by atoms with van der Waals surface area (Å²) in [4.78, 5) is 26.4. The van der Waals surface area contributed by atoms with Gasteiger partial charge in [0.2, 0.25) is 0 Å². The largest absolute Gasteiger partial charge is 0.356 e. The molecule has 2 rings (SSSR count). The van der Waals surface area contributed by atoms with Crippen molar-refractivity contribution in [3.05, 3.63) is 17.6 Å². The Morgan fingerprint density at radius 1 is 1.19 bits per heavy atom. The van der Waals surface area contributed by atoms with Gasteiger partial charge in [-0.1, -0.05) is 0 Å². The van der Waals surface area contributed by atoms with Crippen LogP contribution in [0.25, 0.3) is 0 Å². The molecule has 0 N–H and O–H groups in total. The molecule has 1 aromatic heterocycles. The Labute approximate surface area is 126 Å². The smallest absolute Gasteiger partial charge is 0.319 e. The van der Waals surface area contributed by atoms with E-state index < -0.39 is 0 Å². The van der Waals surface area contributed by atoms with Gasteiger partial charge in [0.15, 0.2) is 0 Å². The normalized spacial score (nSPS) is 16.0. The highest BCUT2D eigenvalue weighted by molar-refractivity contribution is 5.73. The quantitative estimate of drug-likeness (QED) is 0.832. The zero-order valence-corrected chi connectivity index (χ0v) is 13.6. The van der Waals surface area contributed by atoms with Crippen LogP contribution in [0.3, 0.4) is 0 Å². The van der Waals surface area contributed by atoms with Crippen molar-refractivity contribution in [2.75, 3.05) is 39.1 Å². The molecule has 0 atom stereocenters. The number of aryl methyl sites for hydroxylation is 1. The molecule has 6 nitrogen and oxygen atoms in total. The first kappa shape index (κ1) is 15.5. The van der Waals surface area contributed by atoms with Crippen molar-refractivity contribution in [2.24, 2.45) is 0 Å². The predicted molar refractivity (Wildman–Crippen MR) is 83.6 cm³/mol. The molecular formula is C15H25N5O. The van der Waals surface area contributed by atoms with Crippen LogP contribution in [0.2, 0.25) is 0 Å². The maximum absolute atomic E-state index is 12.0. The van der Waals surface area contributed by atoms with E-state index >= 15 is 0 Å². The average molecular weight is 291 g/mol. The fourth-order valence-electron chi connectivity index (χ4n) is 2.78. The summed E-state index contributed by atoms with van der Waals surface area (Å²) in [6.07, 6.45) is 3.57. The molecular weight excluding hydrogens is 266 g/mol. The van der Waals surface area contributed by atoms with E-state index in [0.717, 1.165) is 43.0 Å². The lowest BCUT2D eigenvalue weighted by atomic mass is 10.0. The van der Waals surface area contributed by atoms with Gasteiger partial charge >= 0.3 is 6.03 Å². The summed E-state index contributed by atoms with van der Waals surface area (Å²) in [5, 5.41) is 0. The van der Waals surface area contributed by atoms with Gasteiger partial charge in [-0.2, -0.15) is 0 Å². The number of rotatable bonds is 2. The van der Waals surface area contributed by atoms with Crippen molar-refractivity contribution in [2.45, 2.75) is 32.7 Å². The molecule has 1 fully saturated rings. The van der Waals surface area contributed by atoms with Crippen LogP contribution in [-0.4, -0.2) is 66.1 Å². The summed E-state index contributed by atoms with van der Waals surface area (Å²) in [7, 11) is 5.48. The summed E-state index contributed by atoms with van der Waals surface area (Å²) in [5.74, 6) is 1.03. The lowest BCUT2D eigenvalue weighted by Gasteiger charge is -2.38. The maximum Gasteiger partial charge on any atom is 0.319 e. The lowest BCUT2D eigenvalue weighted by molar-refractivity contribution is 0.155. The second-order valence-corrected chi connectivity index (χ2v) is 5.91. The number of carbonyl (C=O) groups is 1. The van der Waals surface area contributed by atoms with Gasteiger partial charge in [-0.3, -0.25) is 0 Å². The summed E-state index contributed by atoms with van der Waals surface area (Å²) in [6.45, 7) is 5.93. The SMILES string of the molecule is Cc1ncnc(N2CCC(N(C)C(=O)N(C)C)CC2)c1C. The van der Waals surface area contributed by atoms with E-state index in [1.54, 1.807) is 25.3 Å². The second-order valence-electron chi connectivity index (χ2n) is 5.91. The number of nitrogens with zero attached hydrogens (tertiary/aromatic N) is 5. The Morgan fingerprint density at radius 2 is 1.81 bits per heavy atom. The highest BCUT2D eigenvalue weighted by atomic mass is 16.2. The van der Waals surface area contributed by atoms with Gasteiger partial charge in [-0.25, -0.2) is 14.8 Å². The van der Waals surface area contributed by atoms with E-state index in [1.165, 1.54) is 0 Å². The topological polar surface area (TPSA) is 52.6 Å². The van der Waals surface area contributed by atoms with Crippen molar-refractivity contribution in [1.82, 2.24) is 19.8 Å². The van der Waals surface area contributed by atoms with Gasteiger partial charge in [-0.05, 0) is 26.7 Å². The monoisotopic (exact) mass is 291 g/mol. The first-order valence-corrected chi connectivity index (χ1v) is 7.39. The van der Waals surface area contributed by atoms with E-state index in [9.17, 15) is 4.79 Å². The van der Waals surface area contributed by atoms with Crippen LogP contribution in [-0.2, 0) is 0 Å². The first-order chi connectivity index (χ1) is 9.91. The minimum Gasteiger partial charge on any atom is -0.356 e. The Morgan fingerprint density at radius 3 is 2.38 bits per heavy atom. The highest BCUT2D eigenvalue weighted by Gasteiger charge is 2.27. The van der Waals surface area contributed by atoms with Crippen molar-refractivity contribution in [1.29, 1.82) is 0 Å². The number of piperidine rings is 1. The van der Waals surface area contributed by atoms with Crippen molar-refractivity contribution in [3.63, 3.8) is 0 Å². The molecule has 2 heterocycles. The first-order valence-electron chi connectivity index (χ1n) is 7.39. The Balaban J connectivity index is 2.00. The predicted octanol–water partition coefficient (Wildman–Crippen LogP) is 1.68. The van der Waals surface area contributed by atoms with E-state index in [4.69, 9.17) is 0 Å². The average Bonchev–Trinajstić information content (AvgIpc) is 2.48. The van der Waals surface area contributed by atoms with Crippen LogP contribution < -0.4 is 4.90 Å². The Kier molecular flexibility index (Phi) is 4.65. The number of anilines is 1. The molecule has 0 radical (unpaired) electrons.